The molecule has 1 heterocycles. The number of benzene rings is 1. The standard InChI is InChI=1S/C20H25BrN4O6/c1-30-14-8-11(7-13-10-24-20(23)25-18(13)22)9-15(17(14)21)31-6-2-3-12(19(28)29)4-5-16(26)27/h8-10,12H,2-7H2,1H3,(H,26,27)(H,28,29)(H4,22,23,24,25)/p-2/t12-/m0/s1. The quantitative estimate of drug-likeness (QED) is 0.383. The number of nitrogen functional groups attached to an aromatic ring is 2. The van der Waals surface area contributed by atoms with Crippen LogP contribution in [0.15, 0.2) is 22.8 Å². The highest BCUT2D eigenvalue weighted by Gasteiger charge is 2.14. The fourth-order valence-corrected chi connectivity index (χ4v) is 3.46. The minimum atomic E-state index is -1.29. The summed E-state index contributed by atoms with van der Waals surface area (Å²) in [5, 5.41) is 21.7. The van der Waals surface area contributed by atoms with E-state index in [1.54, 1.807) is 12.3 Å². The molecule has 4 N–H and O–H groups in total. The van der Waals surface area contributed by atoms with Crippen LogP contribution in [-0.4, -0.2) is 35.6 Å². The van der Waals surface area contributed by atoms with E-state index in [-0.39, 0.29) is 37.6 Å². The Bertz CT molecular complexity index is 940. The number of carbonyl (C=O) groups is 2. The number of carboxylic acid groups (broad SMARTS) is 2. The minimum absolute atomic E-state index is 0.0389. The highest BCUT2D eigenvalue weighted by atomic mass is 79.9. The molecule has 1 aromatic carbocycles. The summed E-state index contributed by atoms with van der Waals surface area (Å²) in [4.78, 5) is 29.6. The monoisotopic (exact) mass is 494 g/mol. The highest BCUT2D eigenvalue weighted by molar-refractivity contribution is 9.10. The molecule has 0 unspecified atom stereocenters. The maximum Gasteiger partial charge on any atom is 0.221 e. The zero-order valence-corrected chi connectivity index (χ0v) is 18.5. The number of carbonyl (C=O) groups excluding carboxylic acids is 2. The van der Waals surface area contributed by atoms with Crippen LogP contribution in [0.1, 0.15) is 36.8 Å². The Labute approximate surface area is 187 Å². The SMILES string of the molecule is COc1cc(Cc2cnc(N)nc2N)cc(OCCC[C@@H](CCC(=O)[O-])C(=O)[O-])c1Br. The lowest BCUT2D eigenvalue weighted by Crippen LogP contribution is -2.33. The lowest BCUT2D eigenvalue weighted by Gasteiger charge is -2.19. The first-order valence-electron chi connectivity index (χ1n) is 9.48. The normalized spacial score (nSPS) is 11.7. The summed E-state index contributed by atoms with van der Waals surface area (Å²) in [6, 6.07) is 3.62. The van der Waals surface area contributed by atoms with Crippen LogP contribution in [0.2, 0.25) is 0 Å². The molecule has 0 aliphatic carbocycles. The van der Waals surface area contributed by atoms with Crippen LogP contribution < -0.4 is 31.2 Å². The molecule has 168 valence electrons. The van der Waals surface area contributed by atoms with E-state index in [2.05, 4.69) is 25.9 Å². The molecule has 0 aliphatic heterocycles. The van der Waals surface area contributed by atoms with Crippen LogP contribution in [0.25, 0.3) is 0 Å². The van der Waals surface area contributed by atoms with Crippen molar-refractivity contribution in [1.82, 2.24) is 9.97 Å². The Kier molecular flexibility index (Phi) is 8.86. The van der Waals surface area contributed by atoms with E-state index in [9.17, 15) is 19.8 Å². The second kappa shape index (κ2) is 11.3. The van der Waals surface area contributed by atoms with Crippen LogP contribution >= 0.6 is 15.9 Å². The summed E-state index contributed by atoms with van der Waals surface area (Å²) < 4.78 is 11.8. The molecule has 0 saturated carbocycles. The molecule has 0 amide bonds. The largest absolute Gasteiger partial charge is 0.550 e. The molecule has 0 bridgehead atoms. The summed E-state index contributed by atoms with van der Waals surface area (Å²) in [5.41, 5.74) is 13.0. The number of hydrogen-bond acceptors (Lipinski definition) is 10. The third kappa shape index (κ3) is 7.28. The van der Waals surface area contributed by atoms with Gasteiger partial charge in [0, 0.05) is 30.1 Å². The number of aromatic nitrogens is 2. The smallest absolute Gasteiger partial charge is 0.221 e. The summed E-state index contributed by atoms with van der Waals surface area (Å²) in [5.74, 6) is -2.03. The Morgan fingerprint density at radius 1 is 1.19 bits per heavy atom. The highest BCUT2D eigenvalue weighted by Crippen LogP contribution is 2.37. The van der Waals surface area contributed by atoms with Crippen LogP contribution in [0.5, 0.6) is 11.5 Å². The number of aliphatic carboxylic acids is 2. The maximum absolute atomic E-state index is 11.2. The van der Waals surface area contributed by atoms with Gasteiger partial charge in [0.15, 0.2) is 0 Å². The zero-order valence-electron chi connectivity index (χ0n) is 16.9. The van der Waals surface area contributed by atoms with Gasteiger partial charge in [-0.15, -0.1) is 0 Å². The van der Waals surface area contributed by atoms with E-state index < -0.39 is 17.9 Å². The predicted octanol–water partition coefficient (Wildman–Crippen LogP) is 0.0581. The van der Waals surface area contributed by atoms with Crippen molar-refractivity contribution in [2.75, 3.05) is 25.2 Å². The van der Waals surface area contributed by atoms with Gasteiger partial charge in [-0.3, -0.25) is 0 Å². The summed E-state index contributed by atoms with van der Waals surface area (Å²) in [7, 11) is 1.52. The predicted molar refractivity (Wildman–Crippen MR) is 112 cm³/mol. The Morgan fingerprint density at radius 2 is 1.90 bits per heavy atom. The van der Waals surface area contributed by atoms with Gasteiger partial charge in [0.1, 0.15) is 21.8 Å². The van der Waals surface area contributed by atoms with Gasteiger partial charge in [0.05, 0.1) is 13.7 Å². The van der Waals surface area contributed by atoms with Crippen molar-refractivity contribution in [2.24, 2.45) is 5.92 Å². The number of carboxylic acids is 2. The second-order valence-electron chi connectivity index (χ2n) is 6.84. The summed E-state index contributed by atoms with van der Waals surface area (Å²) in [6.07, 6.45) is 2.22. The van der Waals surface area contributed by atoms with Gasteiger partial charge in [-0.05, 0) is 65.2 Å². The number of rotatable bonds is 12. The Morgan fingerprint density at radius 3 is 2.52 bits per heavy atom. The average Bonchev–Trinajstić information content (AvgIpc) is 2.70. The van der Waals surface area contributed by atoms with Gasteiger partial charge in [-0.1, -0.05) is 0 Å². The van der Waals surface area contributed by atoms with Crippen LogP contribution in [-0.2, 0) is 16.0 Å². The average molecular weight is 495 g/mol. The van der Waals surface area contributed by atoms with Crippen molar-refractivity contribution in [3.8, 4) is 11.5 Å². The van der Waals surface area contributed by atoms with E-state index in [1.807, 2.05) is 6.07 Å². The van der Waals surface area contributed by atoms with Gasteiger partial charge in [-0.25, -0.2) is 4.98 Å². The molecule has 0 aliphatic rings. The van der Waals surface area contributed by atoms with Crippen molar-refractivity contribution >= 4 is 39.6 Å². The first-order valence-corrected chi connectivity index (χ1v) is 10.3. The van der Waals surface area contributed by atoms with E-state index in [0.717, 1.165) is 5.56 Å². The molecule has 0 fully saturated rings. The van der Waals surface area contributed by atoms with Crippen molar-refractivity contribution in [3.05, 3.63) is 33.9 Å². The number of nitrogens with zero attached hydrogens (tertiary/aromatic N) is 2. The van der Waals surface area contributed by atoms with E-state index >= 15 is 0 Å². The summed E-state index contributed by atoms with van der Waals surface area (Å²) in [6.45, 7) is 0.216. The van der Waals surface area contributed by atoms with Crippen molar-refractivity contribution in [3.63, 3.8) is 0 Å². The Hall–Kier alpha value is -3.08. The molecule has 2 rings (SSSR count). The first kappa shape index (κ1) is 24.2. The molecule has 11 heteroatoms. The van der Waals surface area contributed by atoms with Gasteiger partial charge in [-0.2, -0.15) is 4.98 Å². The lowest BCUT2D eigenvalue weighted by atomic mass is 9.98. The summed E-state index contributed by atoms with van der Waals surface area (Å²) >= 11 is 3.44. The topological polar surface area (TPSA) is 177 Å². The van der Waals surface area contributed by atoms with Gasteiger partial charge < -0.3 is 40.7 Å². The van der Waals surface area contributed by atoms with Crippen LogP contribution in [0.3, 0.4) is 0 Å². The van der Waals surface area contributed by atoms with Crippen molar-refractivity contribution in [1.29, 1.82) is 0 Å². The lowest BCUT2D eigenvalue weighted by molar-refractivity contribution is -0.313. The molecule has 10 nitrogen and oxygen atoms in total. The van der Waals surface area contributed by atoms with E-state index in [0.29, 0.717) is 34.4 Å². The zero-order chi connectivity index (χ0) is 23.0. The Balaban J connectivity index is 2.05. The van der Waals surface area contributed by atoms with Gasteiger partial charge in [0.2, 0.25) is 5.95 Å². The molecule has 1 atom stereocenters. The molecular weight excluding hydrogens is 472 g/mol. The number of anilines is 2. The number of ether oxygens (including phenoxy) is 2. The molecule has 0 saturated heterocycles. The molecule has 0 radical (unpaired) electrons. The molecule has 0 spiro atoms. The minimum Gasteiger partial charge on any atom is -0.550 e. The molecular formula is C20H23BrN4O6-2. The molecule has 2 aromatic rings. The van der Waals surface area contributed by atoms with Crippen LogP contribution in [0.4, 0.5) is 11.8 Å². The second-order valence-corrected chi connectivity index (χ2v) is 7.64. The van der Waals surface area contributed by atoms with Gasteiger partial charge >= 0.3 is 0 Å². The first-order chi connectivity index (χ1) is 14.7. The number of halogens is 1. The maximum atomic E-state index is 11.2. The van der Waals surface area contributed by atoms with E-state index in [4.69, 9.17) is 20.9 Å². The number of methoxy groups -OCH3 is 1. The number of hydrogen-bond donors (Lipinski definition) is 2. The van der Waals surface area contributed by atoms with Crippen molar-refractivity contribution in [2.45, 2.75) is 32.1 Å². The fraction of sp³-hybridized carbons (Fsp3) is 0.400. The van der Waals surface area contributed by atoms with Crippen molar-refractivity contribution < 1.29 is 29.3 Å². The molecule has 31 heavy (non-hydrogen) atoms. The fourth-order valence-electron chi connectivity index (χ4n) is 2.96. The van der Waals surface area contributed by atoms with E-state index in [1.165, 1.54) is 7.11 Å². The number of nitrogens with two attached hydrogens (primary N) is 2. The van der Waals surface area contributed by atoms with Gasteiger partial charge in [0.25, 0.3) is 0 Å². The molecule has 1 aromatic heterocycles. The van der Waals surface area contributed by atoms with Crippen LogP contribution in [0, 0.1) is 5.92 Å². The third-order valence-corrected chi connectivity index (χ3v) is 5.36. The third-order valence-electron chi connectivity index (χ3n) is 4.58.